The highest BCUT2D eigenvalue weighted by Gasteiger charge is 2.09. The van der Waals surface area contributed by atoms with Gasteiger partial charge in [-0.05, 0) is 29.3 Å². The molecule has 4 nitrogen and oxygen atoms in total. The SMILES string of the molecule is CC(Nc1nccnc1C#N)c1ccsc1. The first kappa shape index (κ1) is 10.6. The van der Waals surface area contributed by atoms with Crippen LogP contribution in [0.1, 0.15) is 24.2 Å². The molecule has 1 unspecified atom stereocenters. The Morgan fingerprint density at radius 3 is 2.94 bits per heavy atom. The zero-order chi connectivity index (χ0) is 11.4. The number of hydrogen-bond acceptors (Lipinski definition) is 5. The molecule has 0 fully saturated rings. The third-order valence-electron chi connectivity index (χ3n) is 2.20. The van der Waals surface area contributed by atoms with E-state index in [-0.39, 0.29) is 6.04 Å². The number of thiophene rings is 1. The van der Waals surface area contributed by atoms with Gasteiger partial charge >= 0.3 is 0 Å². The van der Waals surface area contributed by atoms with Gasteiger partial charge < -0.3 is 5.32 Å². The molecule has 16 heavy (non-hydrogen) atoms. The Bertz CT molecular complexity index is 501. The van der Waals surface area contributed by atoms with E-state index in [2.05, 4.69) is 20.7 Å². The molecule has 80 valence electrons. The standard InChI is InChI=1S/C11H10N4S/c1-8(9-2-5-16-7-9)15-11-10(6-12)13-3-4-14-11/h2-5,7-8H,1H3,(H,14,15). The molecule has 1 N–H and O–H groups in total. The third kappa shape index (κ3) is 2.18. The van der Waals surface area contributed by atoms with Gasteiger partial charge in [0.25, 0.3) is 0 Å². The Morgan fingerprint density at radius 1 is 1.44 bits per heavy atom. The van der Waals surface area contributed by atoms with Crippen LogP contribution in [0, 0.1) is 11.3 Å². The Hall–Kier alpha value is -1.93. The van der Waals surface area contributed by atoms with Crippen LogP contribution in [0.2, 0.25) is 0 Å². The lowest BCUT2D eigenvalue weighted by molar-refractivity contribution is 0.874. The highest BCUT2D eigenvalue weighted by atomic mass is 32.1. The van der Waals surface area contributed by atoms with Crippen LogP contribution in [0.25, 0.3) is 0 Å². The minimum Gasteiger partial charge on any atom is -0.361 e. The normalized spacial score (nSPS) is 11.8. The highest BCUT2D eigenvalue weighted by molar-refractivity contribution is 7.07. The van der Waals surface area contributed by atoms with Crippen molar-refractivity contribution in [2.75, 3.05) is 5.32 Å². The van der Waals surface area contributed by atoms with Gasteiger partial charge in [-0.25, -0.2) is 9.97 Å². The van der Waals surface area contributed by atoms with E-state index >= 15 is 0 Å². The van der Waals surface area contributed by atoms with Gasteiger partial charge in [0.2, 0.25) is 0 Å². The predicted molar refractivity (Wildman–Crippen MR) is 63.1 cm³/mol. The van der Waals surface area contributed by atoms with Gasteiger partial charge in [-0.2, -0.15) is 16.6 Å². The van der Waals surface area contributed by atoms with Gasteiger partial charge in [-0.1, -0.05) is 0 Å². The van der Waals surface area contributed by atoms with Gasteiger partial charge in [0.05, 0.1) is 6.04 Å². The molecule has 0 aliphatic heterocycles. The minimum atomic E-state index is 0.120. The molecule has 2 heterocycles. The van der Waals surface area contributed by atoms with E-state index in [1.165, 1.54) is 11.8 Å². The second-order valence-electron chi connectivity index (χ2n) is 3.29. The van der Waals surface area contributed by atoms with Crippen LogP contribution in [-0.4, -0.2) is 9.97 Å². The molecule has 0 bridgehead atoms. The molecule has 0 spiro atoms. The van der Waals surface area contributed by atoms with E-state index in [0.717, 1.165) is 0 Å². The maximum Gasteiger partial charge on any atom is 0.182 e. The average Bonchev–Trinajstić information content (AvgIpc) is 2.83. The summed E-state index contributed by atoms with van der Waals surface area (Å²) in [5.74, 6) is 0.531. The number of nitriles is 1. The van der Waals surface area contributed by atoms with Crippen molar-refractivity contribution >= 4 is 17.2 Å². The molecule has 5 heteroatoms. The van der Waals surface area contributed by atoms with Gasteiger partial charge in [-0.15, -0.1) is 0 Å². The number of hydrogen-bond donors (Lipinski definition) is 1. The summed E-state index contributed by atoms with van der Waals surface area (Å²) in [4.78, 5) is 8.05. The van der Waals surface area contributed by atoms with Gasteiger partial charge in [0.15, 0.2) is 11.5 Å². The van der Waals surface area contributed by atoms with Crippen molar-refractivity contribution in [3.05, 3.63) is 40.5 Å². The van der Waals surface area contributed by atoms with Crippen LogP contribution in [0.4, 0.5) is 5.82 Å². The zero-order valence-electron chi connectivity index (χ0n) is 8.71. The van der Waals surface area contributed by atoms with Crippen molar-refractivity contribution in [1.82, 2.24) is 9.97 Å². The van der Waals surface area contributed by atoms with Gasteiger partial charge in [-0.3, -0.25) is 0 Å². The predicted octanol–water partition coefficient (Wildman–Crippen LogP) is 2.58. The lowest BCUT2D eigenvalue weighted by Gasteiger charge is -2.13. The van der Waals surface area contributed by atoms with E-state index in [4.69, 9.17) is 5.26 Å². The molecule has 0 saturated carbocycles. The maximum absolute atomic E-state index is 8.87. The summed E-state index contributed by atoms with van der Waals surface area (Å²) in [6.07, 6.45) is 3.09. The van der Waals surface area contributed by atoms with Crippen molar-refractivity contribution in [3.63, 3.8) is 0 Å². The molecular formula is C11H10N4S. The van der Waals surface area contributed by atoms with Crippen molar-refractivity contribution in [3.8, 4) is 6.07 Å². The lowest BCUT2D eigenvalue weighted by Crippen LogP contribution is -2.09. The summed E-state index contributed by atoms with van der Waals surface area (Å²) >= 11 is 1.65. The third-order valence-corrected chi connectivity index (χ3v) is 2.90. The van der Waals surface area contributed by atoms with Crippen LogP contribution in [0.5, 0.6) is 0 Å². The van der Waals surface area contributed by atoms with Crippen LogP contribution < -0.4 is 5.32 Å². The fourth-order valence-corrected chi connectivity index (χ4v) is 2.09. The first-order chi connectivity index (χ1) is 7.81. The molecule has 2 aromatic heterocycles. The van der Waals surface area contributed by atoms with E-state index in [1.807, 2.05) is 24.4 Å². The van der Waals surface area contributed by atoms with Crippen molar-refractivity contribution in [2.24, 2.45) is 0 Å². The molecule has 0 aliphatic carbocycles. The van der Waals surface area contributed by atoms with Crippen molar-refractivity contribution < 1.29 is 0 Å². The number of rotatable bonds is 3. The van der Waals surface area contributed by atoms with Crippen LogP contribution in [0.3, 0.4) is 0 Å². The Labute approximate surface area is 97.6 Å². The topological polar surface area (TPSA) is 61.6 Å². The lowest BCUT2D eigenvalue weighted by atomic mass is 10.2. The van der Waals surface area contributed by atoms with E-state index in [9.17, 15) is 0 Å². The van der Waals surface area contributed by atoms with E-state index in [0.29, 0.717) is 11.5 Å². The number of nitrogens with zero attached hydrogens (tertiary/aromatic N) is 3. The van der Waals surface area contributed by atoms with E-state index < -0.39 is 0 Å². The summed E-state index contributed by atoms with van der Waals surface area (Å²) in [7, 11) is 0. The quantitative estimate of drug-likeness (QED) is 0.880. The monoisotopic (exact) mass is 230 g/mol. The van der Waals surface area contributed by atoms with Crippen LogP contribution in [0.15, 0.2) is 29.2 Å². The number of anilines is 1. The fraction of sp³-hybridized carbons (Fsp3) is 0.182. The molecule has 0 aliphatic rings. The summed E-state index contributed by atoms with van der Waals surface area (Å²) in [5.41, 5.74) is 1.50. The summed E-state index contributed by atoms with van der Waals surface area (Å²) < 4.78 is 0. The highest BCUT2D eigenvalue weighted by Crippen LogP contribution is 2.20. The molecule has 0 radical (unpaired) electrons. The fourth-order valence-electron chi connectivity index (χ4n) is 1.34. The van der Waals surface area contributed by atoms with E-state index in [1.54, 1.807) is 17.5 Å². The largest absolute Gasteiger partial charge is 0.361 e. The molecule has 2 aromatic rings. The zero-order valence-corrected chi connectivity index (χ0v) is 9.53. The average molecular weight is 230 g/mol. The summed E-state index contributed by atoms with van der Waals surface area (Å²) in [5, 5.41) is 16.1. The molecule has 0 aromatic carbocycles. The molecule has 0 amide bonds. The number of aromatic nitrogens is 2. The minimum absolute atomic E-state index is 0.120. The Morgan fingerprint density at radius 2 is 2.25 bits per heavy atom. The van der Waals surface area contributed by atoms with Gasteiger partial charge in [0.1, 0.15) is 6.07 Å². The molecular weight excluding hydrogens is 220 g/mol. The molecule has 2 rings (SSSR count). The van der Waals surface area contributed by atoms with Crippen LogP contribution >= 0.6 is 11.3 Å². The Kier molecular flexibility index (Phi) is 3.13. The first-order valence-electron chi connectivity index (χ1n) is 4.81. The van der Waals surface area contributed by atoms with Crippen LogP contribution in [-0.2, 0) is 0 Å². The second-order valence-corrected chi connectivity index (χ2v) is 4.07. The second kappa shape index (κ2) is 4.73. The smallest absolute Gasteiger partial charge is 0.182 e. The molecule has 0 saturated heterocycles. The van der Waals surface area contributed by atoms with Crippen molar-refractivity contribution in [1.29, 1.82) is 5.26 Å². The molecule has 1 atom stereocenters. The number of nitrogens with one attached hydrogen (secondary N) is 1. The first-order valence-corrected chi connectivity index (χ1v) is 5.75. The van der Waals surface area contributed by atoms with Gasteiger partial charge in [0, 0.05) is 12.4 Å². The summed E-state index contributed by atoms with van der Waals surface area (Å²) in [6.45, 7) is 2.03. The van der Waals surface area contributed by atoms with Crippen molar-refractivity contribution in [2.45, 2.75) is 13.0 Å². The maximum atomic E-state index is 8.87. The summed E-state index contributed by atoms with van der Waals surface area (Å²) in [6, 6.07) is 4.18. The Balaban J connectivity index is 2.19.